The van der Waals surface area contributed by atoms with E-state index in [1.54, 1.807) is 6.92 Å². The topological polar surface area (TPSA) is 119 Å². The lowest BCUT2D eigenvalue weighted by Crippen LogP contribution is -2.15. The van der Waals surface area contributed by atoms with Crippen molar-refractivity contribution in [2.45, 2.75) is 6.92 Å². The van der Waals surface area contributed by atoms with Crippen molar-refractivity contribution in [2.24, 2.45) is 0 Å². The van der Waals surface area contributed by atoms with Gasteiger partial charge in [0.25, 0.3) is 0 Å². The second-order valence-corrected chi connectivity index (χ2v) is 7.68. The smallest absolute Gasteiger partial charge is 0.333 e. The van der Waals surface area contributed by atoms with Gasteiger partial charge in [-0.1, -0.05) is 12.5 Å². The van der Waals surface area contributed by atoms with Gasteiger partial charge in [-0.25, -0.2) is 4.79 Å². The Labute approximate surface area is 233 Å². The molecule has 0 aliphatic rings. The predicted octanol–water partition coefficient (Wildman–Crippen LogP) is 0.905. The zero-order valence-corrected chi connectivity index (χ0v) is 23.5. The average molecular weight is 565 g/mol. The van der Waals surface area contributed by atoms with E-state index in [0.717, 1.165) is 0 Å². The van der Waals surface area contributed by atoms with Gasteiger partial charge in [0.1, 0.15) is 13.2 Å². The molecule has 0 aromatic rings. The maximum absolute atomic E-state index is 11.2. The molecule has 0 amide bonds. The van der Waals surface area contributed by atoms with Crippen LogP contribution in [0.25, 0.3) is 0 Å². The highest BCUT2D eigenvalue weighted by molar-refractivity contribution is 5.86. The predicted molar refractivity (Wildman–Crippen MR) is 143 cm³/mol. The maximum Gasteiger partial charge on any atom is 0.333 e. The summed E-state index contributed by atoms with van der Waals surface area (Å²) in [6.45, 7) is 14.7. The van der Waals surface area contributed by atoms with E-state index in [1.807, 2.05) is 0 Å². The minimum atomic E-state index is -0.413. The van der Waals surface area contributed by atoms with Crippen molar-refractivity contribution in [2.75, 3.05) is 139 Å². The van der Waals surface area contributed by atoms with Crippen molar-refractivity contribution in [3.63, 3.8) is 0 Å². The van der Waals surface area contributed by atoms with Gasteiger partial charge < -0.3 is 52.1 Å². The minimum absolute atomic E-state index is 0.200. The molecule has 0 saturated carbocycles. The highest BCUT2D eigenvalue weighted by atomic mass is 16.6. The molecular formula is C27H48O12. The Morgan fingerprint density at radius 1 is 0.487 bits per heavy atom. The Morgan fingerprint density at radius 3 is 0.949 bits per heavy atom. The first-order valence-electron chi connectivity index (χ1n) is 13.2. The summed E-state index contributed by atoms with van der Waals surface area (Å²) in [7, 11) is 0. The van der Waals surface area contributed by atoms with Crippen LogP contribution in [-0.2, 0) is 56.9 Å². The first kappa shape index (κ1) is 37.4. The van der Waals surface area contributed by atoms with E-state index in [1.165, 1.54) is 0 Å². The van der Waals surface area contributed by atoms with Crippen molar-refractivity contribution in [3.05, 3.63) is 12.2 Å². The molecule has 0 heterocycles. The van der Waals surface area contributed by atoms with Gasteiger partial charge in [0.05, 0.1) is 126 Å². The lowest BCUT2D eigenvalue weighted by molar-refractivity contribution is -0.140. The van der Waals surface area contributed by atoms with Crippen LogP contribution in [0.3, 0.4) is 0 Å². The molecular weight excluding hydrogens is 516 g/mol. The summed E-state index contributed by atoms with van der Waals surface area (Å²) in [5, 5.41) is 0. The minimum Gasteiger partial charge on any atom is -0.460 e. The fraction of sp³-hybridized carbons (Fsp3) is 0.815. The van der Waals surface area contributed by atoms with Crippen LogP contribution in [0, 0.1) is 12.3 Å². The van der Waals surface area contributed by atoms with E-state index in [2.05, 4.69) is 12.5 Å². The third-order valence-electron chi connectivity index (χ3n) is 4.34. The van der Waals surface area contributed by atoms with E-state index in [-0.39, 0.29) is 6.61 Å². The monoisotopic (exact) mass is 564 g/mol. The molecule has 0 saturated heterocycles. The number of carbonyl (C=O) groups excluding carboxylic acids is 1. The second-order valence-electron chi connectivity index (χ2n) is 7.68. The molecule has 0 unspecified atom stereocenters. The van der Waals surface area contributed by atoms with E-state index < -0.39 is 5.97 Å². The molecule has 12 nitrogen and oxygen atoms in total. The summed E-state index contributed by atoms with van der Waals surface area (Å²) in [5.41, 5.74) is 0.370. The zero-order chi connectivity index (χ0) is 28.5. The van der Waals surface area contributed by atoms with Crippen molar-refractivity contribution < 1.29 is 56.9 Å². The number of hydrogen-bond donors (Lipinski definition) is 0. The van der Waals surface area contributed by atoms with Gasteiger partial charge in [-0.15, -0.1) is 6.42 Å². The molecule has 39 heavy (non-hydrogen) atoms. The largest absolute Gasteiger partial charge is 0.460 e. The van der Waals surface area contributed by atoms with Crippen LogP contribution in [0.2, 0.25) is 0 Å². The molecule has 0 rings (SSSR count). The van der Waals surface area contributed by atoms with Gasteiger partial charge in [-0.2, -0.15) is 0 Å². The van der Waals surface area contributed by atoms with Crippen LogP contribution in [0.5, 0.6) is 0 Å². The summed E-state index contributed by atoms with van der Waals surface area (Å²) in [6.07, 6.45) is 5.07. The van der Waals surface area contributed by atoms with Crippen molar-refractivity contribution in [1.29, 1.82) is 0 Å². The molecule has 12 heteroatoms. The third-order valence-corrected chi connectivity index (χ3v) is 4.34. The number of terminal acetylenes is 1. The van der Waals surface area contributed by atoms with Crippen molar-refractivity contribution >= 4 is 5.97 Å². The third kappa shape index (κ3) is 32.5. The fourth-order valence-electron chi connectivity index (χ4n) is 2.43. The van der Waals surface area contributed by atoms with Crippen LogP contribution >= 0.6 is 0 Å². The zero-order valence-electron chi connectivity index (χ0n) is 23.5. The van der Waals surface area contributed by atoms with Gasteiger partial charge in [-0.3, -0.25) is 0 Å². The first-order chi connectivity index (χ1) is 19.2. The van der Waals surface area contributed by atoms with Crippen LogP contribution < -0.4 is 0 Å². The number of hydrogen-bond acceptors (Lipinski definition) is 12. The Hall–Kier alpha value is -1.63. The summed E-state index contributed by atoms with van der Waals surface area (Å²) in [4.78, 5) is 11.2. The highest BCUT2D eigenvalue weighted by Gasteiger charge is 2.02. The van der Waals surface area contributed by atoms with Crippen molar-refractivity contribution in [1.82, 2.24) is 0 Å². The van der Waals surface area contributed by atoms with Gasteiger partial charge >= 0.3 is 5.97 Å². The summed E-state index contributed by atoms with van der Waals surface area (Å²) in [5.74, 6) is 1.98. The molecule has 0 fully saturated rings. The lowest BCUT2D eigenvalue weighted by atomic mass is 10.4. The number of ether oxygens (including phenoxy) is 11. The molecule has 0 bridgehead atoms. The van der Waals surface area contributed by atoms with E-state index in [4.69, 9.17) is 58.5 Å². The molecule has 0 atom stereocenters. The Morgan fingerprint density at radius 2 is 0.718 bits per heavy atom. The molecule has 228 valence electrons. The Balaban J connectivity index is 3.06. The van der Waals surface area contributed by atoms with Crippen molar-refractivity contribution in [3.8, 4) is 12.3 Å². The Bertz CT molecular complexity index is 582. The van der Waals surface area contributed by atoms with E-state index in [9.17, 15) is 4.79 Å². The molecule has 0 radical (unpaired) electrons. The van der Waals surface area contributed by atoms with E-state index in [0.29, 0.717) is 138 Å². The second kappa shape index (κ2) is 32.6. The van der Waals surface area contributed by atoms with Gasteiger partial charge in [-0.05, 0) is 6.92 Å². The van der Waals surface area contributed by atoms with Gasteiger partial charge in [0.15, 0.2) is 0 Å². The normalized spacial score (nSPS) is 11.0. The standard InChI is InChI=1S/C27H48O12/c1-4-5-29-6-7-30-8-9-31-10-11-32-12-13-33-14-15-34-16-17-35-18-19-36-20-21-37-22-23-38-24-25-39-27(28)26(2)3/h1H,2,5-25H2,3H3. The van der Waals surface area contributed by atoms with E-state index >= 15 is 0 Å². The lowest BCUT2D eigenvalue weighted by Gasteiger charge is -2.09. The molecule has 0 N–H and O–H groups in total. The summed E-state index contributed by atoms with van der Waals surface area (Å²) >= 11 is 0. The molecule has 0 spiro atoms. The quantitative estimate of drug-likeness (QED) is 0.0500. The van der Waals surface area contributed by atoms with Gasteiger partial charge in [0, 0.05) is 5.57 Å². The van der Waals surface area contributed by atoms with Crippen LogP contribution in [0.4, 0.5) is 0 Å². The van der Waals surface area contributed by atoms with Gasteiger partial charge in [0.2, 0.25) is 0 Å². The number of carbonyl (C=O) groups is 1. The number of esters is 1. The van der Waals surface area contributed by atoms with Crippen LogP contribution in [0.1, 0.15) is 6.92 Å². The average Bonchev–Trinajstić information content (AvgIpc) is 2.93. The summed E-state index contributed by atoms with van der Waals surface area (Å²) < 4.78 is 58.5. The molecule has 0 aliphatic heterocycles. The summed E-state index contributed by atoms with van der Waals surface area (Å²) in [6, 6.07) is 0. The SMILES string of the molecule is C#CCOCCOCCOCCOCCOCCOCCOCCOCCOCCOCCOC(=O)C(=C)C. The number of rotatable bonds is 32. The first-order valence-corrected chi connectivity index (χ1v) is 13.2. The highest BCUT2D eigenvalue weighted by Crippen LogP contribution is 1.92. The van der Waals surface area contributed by atoms with Crippen LogP contribution in [-0.4, -0.2) is 145 Å². The maximum atomic E-state index is 11.2. The molecule has 0 aliphatic carbocycles. The fourth-order valence-corrected chi connectivity index (χ4v) is 2.43. The molecule has 0 aromatic carbocycles. The molecule has 0 aromatic heterocycles. The Kier molecular flexibility index (Phi) is 31.2. The van der Waals surface area contributed by atoms with Crippen LogP contribution in [0.15, 0.2) is 12.2 Å².